The van der Waals surface area contributed by atoms with Gasteiger partial charge in [-0.2, -0.15) is 0 Å². The van der Waals surface area contributed by atoms with Crippen molar-refractivity contribution in [3.05, 3.63) is 0 Å². The van der Waals surface area contributed by atoms with Crippen molar-refractivity contribution >= 4 is 18.0 Å². The van der Waals surface area contributed by atoms with Crippen molar-refractivity contribution in [2.24, 2.45) is 0 Å². The minimum atomic E-state index is -1.50. The van der Waals surface area contributed by atoms with Gasteiger partial charge >= 0.3 is 18.0 Å². The number of esters is 1. The van der Waals surface area contributed by atoms with Gasteiger partial charge < -0.3 is 25.2 Å². The molecular weight excluding hydrogens is 268 g/mol. The zero-order chi connectivity index (χ0) is 15.1. The molecule has 0 aliphatic carbocycles. The van der Waals surface area contributed by atoms with Gasteiger partial charge in [0.15, 0.2) is 6.10 Å². The molecule has 0 aromatic carbocycles. The molecule has 1 aliphatic heterocycles. The van der Waals surface area contributed by atoms with Gasteiger partial charge in [-0.05, 0) is 19.8 Å². The van der Waals surface area contributed by atoms with E-state index in [-0.39, 0.29) is 19.6 Å². The van der Waals surface area contributed by atoms with Crippen LogP contribution in [0.1, 0.15) is 26.2 Å². The molecular formula is C12H20N2O6. The van der Waals surface area contributed by atoms with E-state index in [9.17, 15) is 14.4 Å². The Balaban J connectivity index is 2.42. The summed E-state index contributed by atoms with van der Waals surface area (Å²) < 4.78 is 4.90. The third-order valence-electron chi connectivity index (χ3n) is 3.05. The van der Waals surface area contributed by atoms with E-state index in [1.807, 2.05) is 0 Å². The van der Waals surface area contributed by atoms with E-state index in [1.165, 1.54) is 4.90 Å². The highest BCUT2D eigenvalue weighted by molar-refractivity contribution is 5.84. The molecule has 0 bridgehead atoms. The lowest BCUT2D eigenvalue weighted by molar-refractivity contribution is -0.147. The van der Waals surface area contributed by atoms with Crippen LogP contribution in [0.15, 0.2) is 0 Å². The van der Waals surface area contributed by atoms with Crippen LogP contribution in [0.3, 0.4) is 0 Å². The van der Waals surface area contributed by atoms with E-state index in [0.717, 1.165) is 0 Å². The first-order chi connectivity index (χ1) is 9.47. The first-order valence-corrected chi connectivity index (χ1v) is 6.59. The number of nitrogens with zero attached hydrogens (tertiary/aromatic N) is 1. The van der Waals surface area contributed by atoms with Gasteiger partial charge in [-0.25, -0.2) is 14.4 Å². The van der Waals surface area contributed by atoms with E-state index in [2.05, 4.69) is 5.32 Å². The molecule has 0 spiro atoms. The average Bonchev–Trinajstić information content (AvgIpc) is 2.87. The van der Waals surface area contributed by atoms with Crippen LogP contribution in [-0.2, 0) is 14.3 Å². The molecule has 1 heterocycles. The third kappa shape index (κ3) is 4.37. The van der Waals surface area contributed by atoms with E-state index >= 15 is 0 Å². The van der Waals surface area contributed by atoms with Crippen LogP contribution in [0.5, 0.6) is 0 Å². The number of likely N-dealkylation sites (tertiary alicyclic amines) is 1. The number of carboxylic acids is 1. The summed E-state index contributed by atoms with van der Waals surface area (Å²) in [6.45, 7) is 2.44. The molecule has 1 rings (SSSR count). The van der Waals surface area contributed by atoms with Crippen molar-refractivity contribution in [1.29, 1.82) is 0 Å². The Morgan fingerprint density at radius 2 is 2.15 bits per heavy atom. The van der Waals surface area contributed by atoms with Crippen molar-refractivity contribution in [2.75, 3.05) is 19.7 Å². The van der Waals surface area contributed by atoms with Crippen LogP contribution in [0.4, 0.5) is 4.79 Å². The molecule has 2 atom stereocenters. The predicted molar refractivity (Wildman–Crippen MR) is 68.0 cm³/mol. The topological polar surface area (TPSA) is 116 Å². The summed E-state index contributed by atoms with van der Waals surface area (Å²) in [5, 5.41) is 20.1. The zero-order valence-corrected chi connectivity index (χ0v) is 11.4. The Bertz CT molecular complexity index is 373. The van der Waals surface area contributed by atoms with Gasteiger partial charge in [-0.1, -0.05) is 0 Å². The minimum Gasteiger partial charge on any atom is -0.479 e. The molecule has 3 N–H and O–H groups in total. The van der Waals surface area contributed by atoms with Crippen LogP contribution in [-0.4, -0.2) is 64.9 Å². The molecule has 114 valence electrons. The lowest BCUT2D eigenvalue weighted by Crippen LogP contribution is -2.47. The number of urea groups is 1. The maximum atomic E-state index is 11.9. The number of amides is 2. The quantitative estimate of drug-likeness (QED) is 0.570. The molecule has 0 radical (unpaired) electrons. The maximum absolute atomic E-state index is 11.9. The van der Waals surface area contributed by atoms with Crippen LogP contribution in [0.2, 0.25) is 0 Å². The molecule has 8 heteroatoms. The van der Waals surface area contributed by atoms with E-state index in [4.69, 9.17) is 14.9 Å². The van der Waals surface area contributed by atoms with Crippen molar-refractivity contribution in [1.82, 2.24) is 10.2 Å². The van der Waals surface area contributed by atoms with E-state index in [1.54, 1.807) is 6.92 Å². The molecule has 0 aromatic rings. The lowest BCUT2D eigenvalue weighted by atomic mass is 10.2. The van der Waals surface area contributed by atoms with Crippen LogP contribution >= 0.6 is 0 Å². The normalized spacial score (nSPS) is 19.5. The van der Waals surface area contributed by atoms with E-state index in [0.29, 0.717) is 19.4 Å². The first kappa shape index (κ1) is 16.2. The summed E-state index contributed by atoms with van der Waals surface area (Å²) >= 11 is 0. The van der Waals surface area contributed by atoms with Crippen LogP contribution in [0.25, 0.3) is 0 Å². The Morgan fingerprint density at radius 1 is 1.45 bits per heavy atom. The van der Waals surface area contributed by atoms with Gasteiger partial charge in [-0.3, -0.25) is 0 Å². The standard InChI is InChI=1S/C12H20N2O6/c1-2-20-11(18)8-4-3-7-14(8)12(19)13-6-5-9(15)10(16)17/h8-9,15H,2-7H2,1H3,(H,13,19)(H,16,17). The molecule has 1 saturated heterocycles. The highest BCUT2D eigenvalue weighted by atomic mass is 16.5. The number of aliphatic hydroxyl groups excluding tert-OH is 1. The van der Waals surface area contributed by atoms with Crippen molar-refractivity contribution < 1.29 is 29.3 Å². The molecule has 2 amide bonds. The number of ether oxygens (including phenoxy) is 1. The SMILES string of the molecule is CCOC(=O)C1CCCN1C(=O)NCCC(O)C(=O)O. The molecule has 20 heavy (non-hydrogen) atoms. The number of carbonyl (C=O) groups is 3. The largest absolute Gasteiger partial charge is 0.479 e. The summed E-state index contributed by atoms with van der Waals surface area (Å²) in [4.78, 5) is 35.4. The molecule has 1 fully saturated rings. The Kier molecular flexibility index (Phi) is 6.23. The number of carboxylic acid groups (broad SMARTS) is 1. The second-order valence-electron chi connectivity index (χ2n) is 4.48. The first-order valence-electron chi connectivity index (χ1n) is 6.59. The highest BCUT2D eigenvalue weighted by Gasteiger charge is 2.35. The summed E-state index contributed by atoms with van der Waals surface area (Å²) in [5.74, 6) is -1.75. The highest BCUT2D eigenvalue weighted by Crippen LogP contribution is 2.18. The van der Waals surface area contributed by atoms with Gasteiger partial charge in [0.25, 0.3) is 0 Å². The lowest BCUT2D eigenvalue weighted by Gasteiger charge is -2.23. The van der Waals surface area contributed by atoms with Gasteiger partial charge in [0.05, 0.1) is 6.61 Å². The minimum absolute atomic E-state index is 0.0261. The summed E-state index contributed by atoms with van der Waals surface area (Å²) in [6.07, 6.45) is -0.313. The van der Waals surface area contributed by atoms with Gasteiger partial charge in [0, 0.05) is 19.5 Å². The van der Waals surface area contributed by atoms with E-state index < -0.39 is 30.1 Å². The predicted octanol–water partition coefficient (Wildman–Crippen LogP) is -0.441. The fraction of sp³-hybridized carbons (Fsp3) is 0.750. The maximum Gasteiger partial charge on any atom is 0.332 e. The number of aliphatic carboxylic acids is 1. The van der Waals surface area contributed by atoms with Crippen LogP contribution < -0.4 is 5.32 Å². The second kappa shape index (κ2) is 7.68. The Labute approximate surface area is 116 Å². The molecule has 8 nitrogen and oxygen atoms in total. The van der Waals surface area contributed by atoms with Crippen molar-refractivity contribution in [2.45, 2.75) is 38.3 Å². The molecule has 2 unspecified atom stereocenters. The zero-order valence-electron chi connectivity index (χ0n) is 11.4. The van der Waals surface area contributed by atoms with Gasteiger partial charge in [0.2, 0.25) is 0 Å². The average molecular weight is 288 g/mol. The fourth-order valence-corrected chi connectivity index (χ4v) is 2.03. The Hall–Kier alpha value is -1.83. The smallest absolute Gasteiger partial charge is 0.332 e. The fourth-order valence-electron chi connectivity index (χ4n) is 2.03. The summed E-state index contributed by atoms with van der Waals surface area (Å²) in [5.41, 5.74) is 0. The number of hydrogen-bond donors (Lipinski definition) is 3. The summed E-state index contributed by atoms with van der Waals surface area (Å²) in [6, 6.07) is -1.03. The summed E-state index contributed by atoms with van der Waals surface area (Å²) in [7, 11) is 0. The van der Waals surface area contributed by atoms with Gasteiger partial charge in [0.1, 0.15) is 6.04 Å². The molecule has 1 aliphatic rings. The van der Waals surface area contributed by atoms with Gasteiger partial charge in [-0.15, -0.1) is 0 Å². The van der Waals surface area contributed by atoms with Crippen molar-refractivity contribution in [3.63, 3.8) is 0 Å². The number of aliphatic hydroxyl groups is 1. The number of nitrogens with one attached hydrogen (secondary N) is 1. The number of carbonyl (C=O) groups excluding carboxylic acids is 2. The van der Waals surface area contributed by atoms with Crippen LogP contribution in [0, 0.1) is 0 Å². The molecule has 0 aromatic heterocycles. The monoisotopic (exact) mass is 288 g/mol. The Morgan fingerprint density at radius 3 is 2.75 bits per heavy atom. The number of rotatable bonds is 6. The number of hydrogen-bond acceptors (Lipinski definition) is 5. The van der Waals surface area contributed by atoms with Crippen molar-refractivity contribution in [3.8, 4) is 0 Å². The molecule has 0 saturated carbocycles. The second-order valence-corrected chi connectivity index (χ2v) is 4.48. The third-order valence-corrected chi connectivity index (χ3v) is 3.05.